The lowest BCUT2D eigenvalue weighted by Crippen LogP contribution is -2.32. The lowest BCUT2D eigenvalue weighted by atomic mass is 10.0. The van der Waals surface area contributed by atoms with Gasteiger partial charge in [0.15, 0.2) is 0 Å². The zero-order valence-corrected chi connectivity index (χ0v) is 13.1. The van der Waals surface area contributed by atoms with E-state index < -0.39 is 0 Å². The number of hydrogen-bond acceptors (Lipinski definition) is 3. The molecule has 1 aromatic rings. The monoisotopic (exact) mass is 263 g/mol. The van der Waals surface area contributed by atoms with Crippen molar-refractivity contribution in [1.82, 2.24) is 10.3 Å². The standard InChI is InChI=1S/C16H29N3/c1-6-9-17-12-15-8-7-10-18-16(15)19(5)14(4)11-13(2)3/h7-8,10,13-14,17H,6,9,11-12H2,1-5H3. The molecule has 0 aliphatic carbocycles. The number of anilines is 1. The molecule has 3 nitrogen and oxygen atoms in total. The number of rotatable bonds is 8. The van der Waals surface area contributed by atoms with Crippen LogP contribution in [0.2, 0.25) is 0 Å². The molecule has 0 saturated heterocycles. The summed E-state index contributed by atoms with van der Waals surface area (Å²) in [5.41, 5.74) is 1.29. The highest BCUT2D eigenvalue weighted by atomic mass is 15.2. The molecule has 0 radical (unpaired) electrons. The van der Waals surface area contributed by atoms with Crippen molar-refractivity contribution in [1.29, 1.82) is 0 Å². The molecule has 1 heterocycles. The van der Waals surface area contributed by atoms with Crippen molar-refractivity contribution in [3.63, 3.8) is 0 Å². The van der Waals surface area contributed by atoms with Crippen molar-refractivity contribution >= 4 is 5.82 Å². The predicted molar refractivity (Wildman–Crippen MR) is 83.6 cm³/mol. The van der Waals surface area contributed by atoms with Crippen LogP contribution in [0.3, 0.4) is 0 Å². The molecule has 1 atom stereocenters. The summed E-state index contributed by atoms with van der Waals surface area (Å²) >= 11 is 0. The van der Waals surface area contributed by atoms with E-state index in [4.69, 9.17) is 0 Å². The average molecular weight is 263 g/mol. The second-order valence-corrected chi connectivity index (χ2v) is 5.75. The number of pyridine rings is 1. The van der Waals surface area contributed by atoms with Gasteiger partial charge in [0.2, 0.25) is 0 Å². The van der Waals surface area contributed by atoms with Crippen molar-refractivity contribution in [3.8, 4) is 0 Å². The summed E-state index contributed by atoms with van der Waals surface area (Å²) < 4.78 is 0. The van der Waals surface area contributed by atoms with Crippen LogP contribution in [0.25, 0.3) is 0 Å². The molecule has 0 amide bonds. The van der Waals surface area contributed by atoms with E-state index in [2.05, 4.69) is 56.0 Å². The fourth-order valence-electron chi connectivity index (χ4n) is 2.33. The molecule has 0 aliphatic rings. The van der Waals surface area contributed by atoms with Gasteiger partial charge in [-0.15, -0.1) is 0 Å². The van der Waals surface area contributed by atoms with Gasteiger partial charge in [-0.3, -0.25) is 0 Å². The highest BCUT2D eigenvalue weighted by molar-refractivity contribution is 5.46. The summed E-state index contributed by atoms with van der Waals surface area (Å²) in [6.45, 7) is 11.0. The van der Waals surface area contributed by atoms with Crippen LogP contribution in [0.5, 0.6) is 0 Å². The maximum atomic E-state index is 4.57. The van der Waals surface area contributed by atoms with Gasteiger partial charge in [0.05, 0.1) is 0 Å². The lowest BCUT2D eigenvalue weighted by Gasteiger charge is -2.29. The zero-order valence-electron chi connectivity index (χ0n) is 13.1. The number of nitrogens with one attached hydrogen (secondary N) is 1. The molecule has 1 N–H and O–H groups in total. The second-order valence-electron chi connectivity index (χ2n) is 5.75. The Bertz CT molecular complexity index is 363. The third-order valence-corrected chi connectivity index (χ3v) is 3.42. The summed E-state index contributed by atoms with van der Waals surface area (Å²) in [4.78, 5) is 6.88. The predicted octanol–water partition coefficient (Wildman–Crippen LogP) is 3.45. The van der Waals surface area contributed by atoms with Crippen LogP contribution in [0.1, 0.15) is 46.1 Å². The van der Waals surface area contributed by atoms with Gasteiger partial charge in [0, 0.05) is 31.4 Å². The molecule has 0 fully saturated rings. The van der Waals surface area contributed by atoms with Crippen molar-refractivity contribution in [2.24, 2.45) is 5.92 Å². The molecule has 0 saturated carbocycles. The Labute approximate surface area is 118 Å². The molecule has 108 valence electrons. The van der Waals surface area contributed by atoms with Crippen LogP contribution in [0, 0.1) is 5.92 Å². The van der Waals surface area contributed by atoms with E-state index in [0.717, 1.165) is 25.3 Å². The molecule has 0 aliphatic heterocycles. The molecular weight excluding hydrogens is 234 g/mol. The van der Waals surface area contributed by atoms with Gasteiger partial charge in [0.25, 0.3) is 0 Å². The summed E-state index contributed by atoms with van der Waals surface area (Å²) in [5, 5.41) is 3.46. The molecule has 19 heavy (non-hydrogen) atoms. The Morgan fingerprint density at radius 3 is 2.68 bits per heavy atom. The molecule has 0 aromatic carbocycles. The summed E-state index contributed by atoms with van der Waals surface area (Å²) in [6, 6.07) is 4.71. The van der Waals surface area contributed by atoms with E-state index in [1.54, 1.807) is 0 Å². The minimum Gasteiger partial charge on any atom is -0.357 e. The van der Waals surface area contributed by atoms with E-state index in [-0.39, 0.29) is 0 Å². The van der Waals surface area contributed by atoms with Crippen molar-refractivity contribution in [2.75, 3.05) is 18.5 Å². The first-order chi connectivity index (χ1) is 9.06. The van der Waals surface area contributed by atoms with Crippen LogP contribution in [-0.4, -0.2) is 24.6 Å². The Morgan fingerprint density at radius 2 is 2.05 bits per heavy atom. The molecule has 1 rings (SSSR count). The van der Waals surface area contributed by atoms with Crippen LogP contribution in [-0.2, 0) is 6.54 Å². The molecule has 1 unspecified atom stereocenters. The first-order valence-electron chi connectivity index (χ1n) is 7.43. The van der Waals surface area contributed by atoms with Gasteiger partial charge >= 0.3 is 0 Å². The van der Waals surface area contributed by atoms with Crippen LogP contribution in [0.4, 0.5) is 5.82 Å². The summed E-state index contributed by atoms with van der Waals surface area (Å²) in [5.74, 6) is 1.82. The summed E-state index contributed by atoms with van der Waals surface area (Å²) in [6.07, 6.45) is 4.24. The fraction of sp³-hybridized carbons (Fsp3) is 0.688. The molecule has 3 heteroatoms. The van der Waals surface area contributed by atoms with Crippen molar-refractivity contribution < 1.29 is 0 Å². The van der Waals surface area contributed by atoms with E-state index in [0.29, 0.717) is 12.0 Å². The highest BCUT2D eigenvalue weighted by Gasteiger charge is 2.15. The largest absolute Gasteiger partial charge is 0.357 e. The van der Waals surface area contributed by atoms with Gasteiger partial charge in [0.1, 0.15) is 5.82 Å². The van der Waals surface area contributed by atoms with Crippen molar-refractivity contribution in [2.45, 2.75) is 53.1 Å². The minimum atomic E-state index is 0.514. The number of aromatic nitrogens is 1. The Kier molecular flexibility index (Phi) is 6.85. The molecular formula is C16H29N3. The third-order valence-electron chi connectivity index (χ3n) is 3.42. The first kappa shape index (κ1) is 16.0. The third kappa shape index (κ3) is 5.19. The van der Waals surface area contributed by atoms with Crippen LogP contribution >= 0.6 is 0 Å². The fourth-order valence-corrected chi connectivity index (χ4v) is 2.33. The number of nitrogens with zero attached hydrogens (tertiary/aromatic N) is 2. The normalized spacial score (nSPS) is 12.7. The van der Waals surface area contributed by atoms with Gasteiger partial charge < -0.3 is 10.2 Å². The van der Waals surface area contributed by atoms with E-state index >= 15 is 0 Å². The number of hydrogen-bond donors (Lipinski definition) is 1. The lowest BCUT2D eigenvalue weighted by molar-refractivity contribution is 0.501. The quantitative estimate of drug-likeness (QED) is 0.728. The van der Waals surface area contributed by atoms with Gasteiger partial charge in [-0.25, -0.2) is 4.98 Å². The van der Waals surface area contributed by atoms with E-state index in [9.17, 15) is 0 Å². The Morgan fingerprint density at radius 1 is 1.32 bits per heavy atom. The maximum absolute atomic E-state index is 4.57. The maximum Gasteiger partial charge on any atom is 0.132 e. The first-order valence-corrected chi connectivity index (χ1v) is 7.43. The van der Waals surface area contributed by atoms with Gasteiger partial charge in [-0.2, -0.15) is 0 Å². The Balaban J connectivity index is 2.74. The van der Waals surface area contributed by atoms with E-state index in [1.165, 1.54) is 12.0 Å². The zero-order chi connectivity index (χ0) is 14.3. The second kappa shape index (κ2) is 8.16. The highest BCUT2D eigenvalue weighted by Crippen LogP contribution is 2.20. The minimum absolute atomic E-state index is 0.514. The van der Waals surface area contributed by atoms with Crippen molar-refractivity contribution in [3.05, 3.63) is 23.9 Å². The van der Waals surface area contributed by atoms with Gasteiger partial charge in [-0.05, 0) is 38.3 Å². The molecule has 0 bridgehead atoms. The van der Waals surface area contributed by atoms with E-state index in [1.807, 2.05) is 12.3 Å². The Hall–Kier alpha value is -1.09. The smallest absolute Gasteiger partial charge is 0.132 e. The average Bonchev–Trinajstić information content (AvgIpc) is 2.38. The molecule has 1 aromatic heterocycles. The molecule has 0 spiro atoms. The van der Waals surface area contributed by atoms with Crippen LogP contribution < -0.4 is 10.2 Å². The SMILES string of the molecule is CCCNCc1cccnc1N(C)C(C)CC(C)C. The van der Waals surface area contributed by atoms with Crippen LogP contribution in [0.15, 0.2) is 18.3 Å². The summed E-state index contributed by atoms with van der Waals surface area (Å²) in [7, 11) is 2.15. The van der Waals surface area contributed by atoms with Gasteiger partial charge in [-0.1, -0.05) is 26.8 Å². The topological polar surface area (TPSA) is 28.2 Å².